The number of carbonyl (C=O) groups excluding carboxylic acids is 1. The van der Waals surface area contributed by atoms with E-state index in [-0.39, 0.29) is 11.5 Å². The minimum absolute atomic E-state index is 0.0995. The van der Waals surface area contributed by atoms with E-state index in [4.69, 9.17) is 0 Å². The van der Waals surface area contributed by atoms with E-state index >= 15 is 0 Å². The first-order chi connectivity index (χ1) is 9.54. The van der Waals surface area contributed by atoms with Crippen molar-refractivity contribution in [2.75, 3.05) is 31.1 Å². The lowest BCUT2D eigenvalue weighted by Gasteiger charge is -2.33. The molecule has 1 amide bonds. The molecule has 7 nitrogen and oxygen atoms in total. The zero-order valence-electron chi connectivity index (χ0n) is 11.4. The Kier molecular flexibility index (Phi) is 3.17. The maximum atomic E-state index is 11.8. The third-order valence-electron chi connectivity index (χ3n) is 3.36. The highest BCUT2D eigenvalue weighted by atomic mass is 32.1. The summed E-state index contributed by atoms with van der Waals surface area (Å²) in [6.45, 7) is 6.21. The van der Waals surface area contributed by atoms with E-state index in [1.165, 1.54) is 21.9 Å². The van der Waals surface area contributed by atoms with Crippen molar-refractivity contribution in [2.24, 2.45) is 0 Å². The molecule has 2 aromatic rings. The molecule has 1 saturated heterocycles. The monoisotopic (exact) mass is 293 g/mol. The molecule has 0 spiro atoms. The first-order valence-electron chi connectivity index (χ1n) is 6.42. The molecule has 0 atom stereocenters. The standard InChI is InChI=1S/C12H15N5O2S/c1-8-7-10(19)17-11(13-8)20-12(14-17)16-5-3-15(4-6-16)9(2)18/h7H,3-6H2,1-2H3. The molecule has 1 fully saturated rings. The van der Waals surface area contributed by atoms with Crippen molar-refractivity contribution in [3.63, 3.8) is 0 Å². The van der Waals surface area contributed by atoms with Gasteiger partial charge in [-0.05, 0) is 6.92 Å². The molecule has 3 heterocycles. The van der Waals surface area contributed by atoms with Crippen LogP contribution in [0.1, 0.15) is 12.6 Å². The van der Waals surface area contributed by atoms with Gasteiger partial charge >= 0.3 is 0 Å². The molecule has 1 aliphatic rings. The van der Waals surface area contributed by atoms with Gasteiger partial charge in [0.25, 0.3) is 5.56 Å². The van der Waals surface area contributed by atoms with E-state index < -0.39 is 0 Å². The molecule has 0 unspecified atom stereocenters. The van der Waals surface area contributed by atoms with Gasteiger partial charge in [-0.1, -0.05) is 11.3 Å². The Balaban J connectivity index is 1.87. The molecular formula is C12H15N5O2S. The smallest absolute Gasteiger partial charge is 0.275 e. The number of hydrogen-bond acceptors (Lipinski definition) is 6. The number of aromatic nitrogens is 3. The van der Waals surface area contributed by atoms with Gasteiger partial charge < -0.3 is 9.80 Å². The number of nitrogens with zero attached hydrogens (tertiary/aromatic N) is 5. The van der Waals surface area contributed by atoms with E-state index in [1.54, 1.807) is 13.8 Å². The molecule has 0 aromatic carbocycles. The molecule has 0 aliphatic carbocycles. The number of carbonyl (C=O) groups is 1. The Labute approximate surface area is 119 Å². The summed E-state index contributed by atoms with van der Waals surface area (Å²) in [4.78, 5) is 32.0. The molecule has 1 aliphatic heterocycles. The van der Waals surface area contributed by atoms with Crippen molar-refractivity contribution in [3.8, 4) is 0 Å². The van der Waals surface area contributed by atoms with Crippen LogP contribution in [0.3, 0.4) is 0 Å². The minimum Gasteiger partial charge on any atom is -0.343 e. The molecule has 106 valence electrons. The SMILES string of the molecule is CC(=O)N1CCN(c2nn3c(=O)cc(C)nc3s2)CC1. The molecule has 0 bridgehead atoms. The Hall–Kier alpha value is -1.96. The average molecular weight is 293 g/mol. The van der Waals surface area contributed by atoms with Crippen LogP contribution in [-0.4, -0.2) is 51.6 Å². The second-order valence-electron chi connectivity index (χ2n) is 4.81. The van der Waals surface area contributed by atoms with Gasteiger partial charge in [0, 0.05) is 44.9 Å². The number of anilines is 1. The Morgan fingerprint density at radius 3 is 2.65 bits per heavy atom. The first-order valence-corrected chi connectivity index (χ1v) is 7.24. The summed E-state index contributed by atoms with van der Waals surface area (Å²) in [5.74, 6) is 0.0995. The summed E-state index contributed by atoms with van der Waals surface area (Å²) in [6, 6.07) is 1.48. The van der Waals surface area contributed by atoms with Crippen molar-refractivity contribution in [1.82, 2.24) is 19.5 Å². The van der Waals surface area contributed by atoms with Crippen molar-refractivity contribution in [2.45, 2.75) is 13.8 Å². The maximum Gasteiger partial charge on any atom is 0.275 e. The van der Waals surface area contributed by atoms with E-state index in [0.717, 1.165) is 18.2 Å². The summed E-state index contributed by atoms with van der Waals surface area (Å²) in [5, 5.41) is 5.11. The molecule has 2 aromatic heterocycles. The molecule has 3 rings (SSSR count). The first kappa shape index (κ1) is 13.0. The summed E-state index contributed by atoms with van der Waals surface area (Å²) in [7, 11) is 0. The van der Waals surface area contributed by atoms with E-state index in [2.05, 4.69) is 15.0 Å². The van der Waals surface area contributed by atoms with Crippen molar-refractivity contribution < 1.29 is 4.79 Å². The number of hydrogen-bond donors (Lipinski definition) is 0. The predicted octanol–water partition coefficient (Wildman–Crippen LogP) is 0.128. The van der Waals surface area contributed by atoms with Crippen LogP contribution in [0.15, 0.2) is 10.9 Å². The molecule has 0 N–H and O–H groups in total. The Morgan fingerprint density at radius 2 is 2.00 bits per heavy atom. The summed E-state index contributed by atoms with van der Waals surface area (Å²) < 4.78 is 1.34. The lowest BCUT2D eigenvalue weighted by atomic mass is 10.3. The number of aryl methyl sites for hydroxylation is 1. The van der Waals surface area contributed by atoms with Crippen molar-refractivity contribution in [1.29, 1.82) is 0 Å². The second-order valence-corrected chi connectivity index (χ2v) is 5.74. The lowest BCUT2D eigenvalue weighted by molar-refractivity contribution is -0.129. The topological polar surface area (TPSA) is 70.8 Å². The zero-order valence-corrected chi connectivity index (χ0v) is 12.2. The van der Waals surface area contributed by atoms with Crippen molar-refractivity contribution in [3.05, 3.63) is 22.1 Å². The van der Waals surface area contributed by atoms with Crippen LogP contribution in [0.5, 0.6) is 0 Å². The number of fused-ring (bicyclic) bond motifs is 1. The van der Waals surface area contributed by atoms with Crippen LogP contribution in [0.4, 0.5) is 5.13 Å². The van der Waals surface area contributed by atoms with Gasteiger partial charge in [-0.2, -0.15) is 4.52 Å². The molecular weight excluding hydrogens is 278 g/mol. The third kappa shape index (κ3) is 2.26. The zero-order chi connectivity index (χ0) is 14.3. The summed E-state index contributed by atoms with van der Waals surface area (Å²) >= 11 is 1.40. The lowest BCUT2D eigenvalue weighted by Crippen LogP contribution is -2.48. The van der Waals surface area contributed by atoms with Crippen LogP contribution >= 0.6 is 11.3 Å². The Bertz CT molecular complexity index is 714. The second kappa shape index (κ2) is 4.86. The van der Waals surface area contributed by atoms with Gasteiger partial charge in [-0.25, -0.2) is 4.98 Å². The van der Waals surface area contributed by atoms with Gasteiger partial charge in [0.2, 0.25) is 16.0 Å². The quantitative estimate of drug-likeness (QED) is 0.747. The molecule has 0 radical (unpaired) electrons. The van der Waals surface area contributed by atoms with Gasteiger partial charge in [0.15, 0.2) is 0 Å². The minimum atomic E-state index is -0.155. The average Bonchev–Trinajstić information content (AvgIpc) is 2.83. The fourth-order valence-corrected chi connectivity index (χ4v) is 3.26. The van der Waals surface area contributed by atoms with Gasteiger partial charge in [-0.3, -0.25) is 9.59 Å². The van der Waals surface area contributed by atoms with Crippen LogP contribution in [-0.2, 0) is 4.79 Å². The van der Waals surface area contributed by atoms with Crippen LogP contribution < -0.4 is 10.5 Å². The number of piperazine rings is 1. The molecule has 0 saturated carbocycles. The van der Waals surface area contributed by atoms with Gasteiger partial charge in [-0.15, -0.1) is 5.10 Å². The van der Waals surface area contributed by atoms with Crippen LogP contribution in [0.2, 0.25) is 0 Å². The highest BCUT2D eigenvalue weighted by Gasteiger charge is 2.21. The highest BCUT2D eigenvalue weighted by Crippen LogP contribution is 2.22. The number of amides is 1. The molecule has 20 heavy (non-hydrogen) atoms. The summed E-state index contributed by atoms with van der Waals surface area (Å²) in [5.41, 5.74) is 0.545. The predicted molar refractivity (Wildman–Crippen MR) is 76.3 cm³/mol. The van der Waals surface area contributed by atoms with E-state index in [9.17, 15) is 9.59 Å². The van der Waals surface area contributed by atoms with Gasteiger partial charge in [0.05, 0.1) is 0 Å². The highest BCUT2D eigenvalue weighted by molar-refractivity contribution is 7.20. The van der Waals surface area contributed by atoms with Crippen LogP contribution in [0.25, 0.3) is 4.96 Å². The van der Waals surface area contributed by atoms with Crippen molar-refractivity contribution >= 4 is 27.3 Å². The fraction of sp³-hybridized carbons (Fsp3) is 0.500. The van der Waals surface area contributed by atoms with E-state index in [0.29, 0.717) is 23.7 Å². The fourth-order valence-electron chi connectivity index (χ4n) is 2.25. The van der Waals surface area contributed by atoms with E-state index in [1.807, 2.05) is 4.90 Å². The third-order valence-corrected chi connectivity index (χ3v) is 4.33. The summed E-state index contributed by atoms with van der Waals surface area (Å²) in [6.07, 6.45) is 0. The largest absolute Gasteiger partial charge is 0.343 e. The normalized spacial score (nSPS) is 15.9. The van der Waals surface area contributed by atoms with Crippen LogP contribution in [0, 0.1) is 6.92 Å². The molecule has 8 heteroatoms. The Morgan fingerprint density at radius 1 is 1.30 bits per heavy atom. The maximum absolute atomic E-state index is 11.8. The number of rotatable bonds is 1. The van der Waals surface area contributed by atoms with Gasteiger partial charge in [0.1, 0.15) is 0 Å².